The second kappa shape index (κ2) is 8.50. The molecule has 2 aromatic carbocycles. The lowest BCUT2D eigenvalue weighted by Gasteiger charge is -2.49. The Bertz CT molecular complexity index is 1020. The highest BCUT2D eigenvalue weighted by Crippen LogP contribution is 2.39. The normalized spacial score (nSPS) is 23.0. The van der Waals surface area contributed by atoms with Crippen LogP contribution in [0, 0.1) is 21.8 Å². The molecule has 3 aliphatic heterocycles. The van der Waals surface area contributed by atoms with Gasteiger partial charge in [-0.15, -0.1) is 0 Å². The average Bonchev–Trinajstić information content (AvgIpc) is 3.34. The van der Waals surface area contributed by atoms with E-state index < -0.39 is 0 Å². The van der Waals surface area contributed by atoms with Gasteiger partial charge < -0.3 is 9.80 Å². The largest absolute Gasteiger partial charge is 0.365 e. The third kappa shape index (κ3) is 3.95. The molecule has 8 heteroatoms. The minimum atomic E-state index is -0.371. The number of fused-ring (bicyclic) bond motifs is 3. The third-order valence-corrected chi connectivity index (χ3v) is 7.04. The maximum Gasteiger partial charge on any atom is 0.269 e. The Kier molecular flexibility index (Phi) is 5.55. The highest BCUT2D eigenvalue weighted by molar-refractivity contribution is 5.82. The topological polar surface area (TPSA) is 69.9 Å². The lowest BCUT2D eigenvalue weighted by molar-refractivity contribution is -0.384. The van der Waals surface area contributed by atoms with Crippen molar-refractivity contribution in [3.05, 3.63) is 69.5 Å². The number of piperazine rings is 1. The van der Waals surface area contributed by atoms with Crippen molar-refractivity contribution in [1.29, 1.82) is 0 Å². The summed E-state index contributed by atoms with van der Waals surface area (Å²) in [5.41, 5.74) is 3.02. The maximum atomic E-state index is 13.5. The van der Waals surface area contributed by atoms with Crippen molar-refractivity contribution in [2.24, 2.45) is 5.92 Å². The number of carbonyl (C=O) groups excluding carboxylic acids is 1. The van der Waals surface area contributed by atoms with Crippen molar-refractivity contribution in [2.45, 2.75) is 31.8 Å². The fourth-order valence-electron chi connectivity index (χ4n) is 5.43. The maximum absolute atomic E-state index is 13.5. The van der Waals surface area contributed by atoms with Gasteiger partial charge in [-0.05, 0) is 48.6 Å². The van der Waals surface area contributed by atoms with Gasteiger partial charge in [0, 0.05) is 57.1 Å². The highest BCUT2D eigenvalue weighted by atomic mass is 19.1. The van der Waals surface area contributed by atoms with Crippen LogP contribution in [-0.4, -0.2) is 59.4 Å². The molecular formula is C24H27FN4O3. The van der Waals surface area contributed by atoms with Crippen molar-refractivity contribution < 1.29 is 14.1 Å². The molecule has 0 radical (unpaired) electrons. The lowest BCUT2D eigenvalue weighted by Crippen LogP contribution is -2.61. The van der Waals surface area contributed by atoms with E-state index in [4.69, 9.17) is 0 Å². The monoisotopic (exact) mass is 438 g/mol. The molecule has 0 saturated carbocycles. The summed E-state index contributed by atoms with van der Waals surface area (Å²) < 4.78 is 13.3. The van der Waals surface area contributed by atoms with Gasteiger partial charge in [0.1, 0.15) is 5.82 Å². The number of rotatable bonds is 4. The molecule has 0 N–H and O–H groups in total. The van der Waals surface area contributed by atoms with Crippen LogP contribution in [0.1, 0.15) is 24.0 Å². The Labute approximate surface area is 186 Å². The van der Waals surface area contributed by atoms with Crippen molar-refractivity contribution >= 4 is 17.3 Å². The number of nitro benzene ring substituents is 1. The molecule has 1 amide bonds. The molecule has 0 aliphatic carbocycles. The summed E-state index contributed by atoms with van der Waals surface area (Å²) in [7, 11) is 0. The first kappa shape index (κ1) is 20.9. The molecule has 2 saturated heterocycles. The van der Waals surface area contributed by atoms with Gasteiger partial charge in [0.15, 0.2) is 0 Å². The van der Waals surface area contributed by atoms with Crippen LogP contribution >= 0.6 is 0 Å². The van der Waals surface area contributed by atoms with E-state index in [2.05, 4.69) is 9.80 Å². The summed E-state index contributed by atoms with van der Waals surface area (Å²) in [6, 6.07) is 11.6. The van der Waals surface area contributed by atoms with Gasteiger partial charge in [0.05, 0.1) is 16.9 Å². The summed E-state index contributed by atoms with van der Waals surface area (Å²) in [4.78, 5) is 31.0. The van der Waals surface area contributed by atoms with Gasteiger partial charge in [0.2, 0.25) is 5.91 Å². The lowest BCUT2D eigenvalue weighted by atomic mass is 9.82. The molecule has 0 aromatic heterocycles. The number of hydrogen-bond acceptors (Lipinski definition) is 5. The van der Waals surface area contributed by atoms with E-state index in [1.54, 1.807) is 12.1 Å². The van der Waals surface area contributed by atoms with Crippen LogP contribution in [0.3, 0.4) is 0 Å². The Morgan fingerprint density at radius 2 is 1.81 bits per heavy atom. The zero-order valence-corrected chi connectivity index (χ0v) is 18.0. The first-order chi connectivity index (χ1) is 15.5. The minimum Gasteiger partial charge on any atom is -0.365 e. The Morgan fingerprint density at radius 1 is 1.06 bits per heavy atom. The molecule has 0 spiro atoms. The smallest absolute Gasteiger partial charge is 0.269 e. The van der Waals surface area contributed by atoms with Crippen LogP contribution in [0.4, 0.5) is 15.8 Å². The Morgan fingerprint density at radius 3 is 2.53 bits per heavy atom. The van der Waals surface area contributed by atoms with Crippen LogP contribution < -0.4 is 4.90 Å². The second-order valence-electron chi connectivity index (χ2n) is 9.04. The van der Waals surface area contributed by atoms with E-state index in [-0.39, 0.29) is 34.3 Å². The fourth-order valence-corrected chi connectivity index (χ4v) is 5.43. The summed E-state index contributed by atoms with van der Waals surface area (Å²) in [6.07, 6.45) is 2.59. The molecule has 0 bridgehead atoms. The number of anilines is 1. The third-order valence-electron chi connectivity index (χ3n) is 7.04. The predicted octanol–water partition coefficient (Wildman–Crippen LogP) is 3.22. The molecule has 3 aliphatic rings. The summed E-state index contributed by atoms with van der Waals surface area (Å²) in [5, 5.41) is 11.3. The zero-order valence-electron chi connectivity index (χ0n) is 18.0. The van der Waals surface area contributed by atoms with Gasteiger partial charge in [-0.2, -0.15) is 0 Å². The van der Waals surface area contributed by atoms with E-state index in [9.17, 15) is 19.3 Å². The van der Waals surface area contributed by atoms with Crippen molar-refractivity contribution in [1.82, 2.24) is 9.80 Å². The number of benzene rings is 2. The van der Waals surface area contributed by atoms with Crippen molar-refractivity contribution in [3.63, 3.8) is 0 Å². The quantitative estimate of drug-likeness (QED) is 0.542. The van der Waals surface area contributed by atoms with Crippen LogP contribution in [-0.2, 0) is 17.8 Å². The van der Waals surface area contributed by atoms with E-state index in [1.807, 2.05) is 23.1 Å². The average molecular weight is 439 g/mol. The number of carbonyl (C=O) groups is 1. The highest BCUT2D eigenvalue weighted by Gasteiger charge is 2.43. The van der Waals surface area contributed by atoms with Gasteiger partial charge in [-0.25, -0.2) is 4.39 Å². The summed E-state index contributed by atoms with van der Waals surface area (Å²) in [5.74, 6) is -0.301. The molecule has 2 atom stereocenters. The van der Waals surface area contributed by atoms with Gasteiger partial charge in [-0.3, -0.25) is 19.8 Å². The van der Waals surface area contributed by atoms with E-state index in [0.717, 1.165) is 62.4 Å². The number of halogens is 1. The van der Waals surface area contributed by atoms with Gasteiger partial charge in [0.25, 0.3) is 5.69 Å². The molecule has 2 aromatic rings. The number of non-ortho nitro benzene ring substituents is 1. The van der Waals surface area contributed by atoms with Crippen LogP contribution in [0.2, 0.25) is 0 Å². The first-order valence-electron chi connectivity index (χ1n) is 11.3. The molecule has 5 rings (SSSR count). The molecule has 0 unspecified atom stereocenters. The predicted molar refractivity (Wildman–Crippen MR) is 119 cm³/mol. The van der Waals surface area contributed by atoms with Crippen LogP contribution in [0.25, 0.3) is 0 Å². The van der Waals surface area contributed by atoms with Gasteiger partial charge >= 0.3 is 0 Å². The molecule has 7 nitrogen and oxygen atoms in total. The zero-order chi connectivity index (χ0) is 22.2. The standard InChI is InChI=1S/C24H27FN4O3/c25-19-5-3-17(4-6-19)15-26-11-12-28-22-8-7-20(29(31)32)13-18(22)14-21(23(28)16-26)24(30)27-9-1-2-10-27/h3-8,13,21,23H,1-2,9-12,14-16H2/t21-,23+/m0/s1. The molecule has 32 heavy (non-hydrogen) atoms. The number of likely N-dealkylation sites (tertiary alicyclic amines) is 1. The Balaban J connectivity index is 1.43. The van der Waals surface area contributed by atoms with Crippen molar-refractivity contribution in [2.75, 3.05) is 37.6 Å². The summed E-state index contributed by atoms with van der Waals surface area (Å²) in [6.45, 7) is 4.60. The SMILES string of the molecule is O=C([C@H]1Cc2cc([N+](=O)[O-])ccc2N2CCN(Cc3ccc(F)cc3)C[C@H]12)N1CCCC1. The molecule has 168 valence electrons. The van der Waals surface area contributed by atoms with Crippen LogP contribution in [0.5, 0.6) is 0 Å². The minimum absolute atomic E-state index is 0.0197. The molecule has 3 heterocycles. The Hall–Kier alpha value is -3.00. The molecular weight excluding hydrogens is 411 g/mol. The first-order valence-corrected chi connectivity index (χ1v) is 11.3. The van der Waals surface area contributed by atoms with E-state index in [0.29, 0.717) is 13.0 Å². The fraction of sp³-hybridized carbons (Fsp3) is 0.458. The van der Waals surface area contributed by atoms with Gasteiger partial charge in [-0.1, -0.05) is 12.1 Å². The number of amides is 1. The number of nitro groups is 1. The number of nitrogens with zero attached hydrogens (tertiary/aromatic N) is 4. The second-order valence-corrected chi connectivity index (χ2v) is 9.04. The number of hydrogen-bond donors (Lipinski definition) is 0. The van der Waals surface area contributed by atoms with Crippen molar-refractivity contribution in [3.8, 4) is 0 Å². The van der Waals surface area contributed by atoms with E-state index in [1.165, 1.54) is 12.1 Å². The van der Waals surface area contributed by atoms with E-state index >= 15 is 0 Å². The van der Waals surface area contributed by atoms with Crippen LogP contribution in [0.15, 0.2) is 42.5 Å². The summed E-state index contributed by atoms with van der Waals surface area (Å²) >= 11 is 0. The molecule has 2 fully saturated rings.